The molecule has 2 aliphatic carbocycles. The zero-order chi connectivity index (χ0) is 36.1. The third kappa shape index (κ3) is 6.83. The molecule has 1 unspecified atom stereocenters. The summed E-state index contributed by atoms with van der Waals surface area (Å²) in [5, 5.41) is 2.93. The maximum atomic E-state index is 14.2. The zero-order valence-corrected chi connectivity index (χ0v) is 30.0. The van der Waals surface area contributed by atoms with Crippen molar-refractivity contribution >= 4 is 38.8 Å². The Kier molecular flexibility index (Phi) is 9.10. The fraction of sp³-hybridized carbons (Fsp3) is 0.500. The molecule has 0 bridgehead atoms. The van der Waals surface area contributed by atoms with Crippen molar-refractivity contribution in [2.45, 2.75) is 81.7 Å². The van der Waals surface area contributed by atoms with Gasteiger partial charge in [0.15, 0.2) is 5.82 Å². The number of aromatic nitrogens is 3. The van der Waals surface area contributed by atoms with E-state index in [1.54, 1.807) is 19.1 Å². The number of nitrogens with one attached hydrogen (secondary N) is 2. The molecule has 14 nitrogen and oxygen atoms in total. The summed E-state index contributed by atoms with van der Waals surface area (Å²) in [6, 6.07) is 7.88. The van der Waals surface area contributed by atoms with Crippen molar-refractivity contribution in [3.05, 3.63) is 53.7 Å². The van der Waals surface area contributed by atoms with Gasteiger partial charge < -0.3 is 24.6 Å². The van der Waals surface area contributed by atoms with Crippen LogP contribution < -0.4 is 19.5 Å². The van der Waals surface area contributed by atoms with Crippen molar-refractivity contribution in [3.8, 4) is 23.1 Å². The maximum absolute atomic E-state index is 14.2. The highest BCUT2D eigenvalue weighted by Crippen LogP contribution is 2.46. The van der Waals surface area contributed by atoms with Gasteiger partial charge in [0, 0.05) is 37.2 Å². The molecule has 15 heteroatoms. The van der Waals surface area contributed by atoms with Crippen LogP contribution in [0.15, 0.2) is 42.5 Å². The molecular weight excluding hydrogens is 675 g/mol. The van der Waals surface area contributed by atoms with Gasteiger partial charge in [0.2, 0.25) is 21.8 Å². The van der Waals surface area contributed by atoms with Gasteiger partial charge in [0.05, 0.1) is 29.8 Å². The first-order valence-corrected chi connectivity index (χ1v) is 19.0. The van der Waals surface area contributed by atoms with Crippen LogP contribution in [0.4, 0.5) is 4.79 Å². The minimum absolute atomic E-state index is 0.0819. The summed E-state index contributed by atoms with van der Waals surface area (Å²) in [6.45, 7) is 4.37. The summed E-state index contributed by atoms with van der Waals surface area (Å²) in [5.74, 6) is -0.401. The second-order valence-electron chi connectivity index (χ2n) is 14.0. The van der Waals surface area contributed by atoms with Crippen molar-refractivity contribution in [1.82, 2.24) is 34.8 Å². The molecule has 3 aromatic rings. The Balaban J connectivity index is 1.21. The lowest BCUT2D eigenvalue weighted by Crippen LogP contribution is -2.57. The second-order valence-corrected chi connectivity index (χ2v) is 16.0. The van der Waals surface area contributed by atoms with Gasteiger partial charge in [0.1, 0.15) is 29.1 Å². The lowest BCUT2D eigenvalue weighted by atomic mass is 10.1. The Morgan fingerprint density at radius 3 is 2.63 bits per heavy atom. The largest absolute Gasteiger partial charge is 0.496 e. The molecule has 2 N–H and O–H groups in total. The number of allylic oxidation sites excluding steroid dienone is 1. The van der Waals surface area contributed by atoms with Gasteiger partial charge in [0.25, 0.3) is 5.91 Å². The number of methoxy groups -OCH3 is 1. The van der Waals surface area contributed by atoms with Gasteiger partial charge in [-0.25, -0.2) is 23.2 Å². The van der Waals surface area contributed by atoms with Crippen LogP contribution in [-0.2, 0) is 19.6 Å². The fourth-order valence-electron chi connectivity index (χ4n) is 7.03. The first kappa shape index (κ1) is 34.6. The smallest absolute Gasteiger partial charge is 0.320 e. The number of fused-ring (bicyclic) bond motifs is 3. The van der Waals surface area contributed by atoms with Gasteiger partial charge in [-0.3, -0.25) is 14.3 Å². The van der Waals surface area contributed by atoms with Crippen molar-refractivity contribution in [1.29, 1.82) is 0 Å². The number of hydrogen-bond acceptors (Lipinski definition) is 10. The van der Waals surface area contributed by atoms with Crippen molar-refractivity contribution in [3.63, 3.8) is 0 Å². The normalized spacial score (nSPS) is 26.1. The van der Waals surface area contributed by atoms with Gasteiger partial charge in [-0.15, -0.1) is 0 Å². The number of rotatable bonds is 7. The Bertz CT molecular complexity index is 2040. The monoisotopic (exact) mass is 717 g/mol. The number of benzene rings is 1. The average molecular weight is 718 g/mol. The number of sulfonamides is 1. The predicted molar refractivity (Wildman–Crippen MR) is 188 cm³/mol. The molecular formula is C36H43N7O7S. The number of urea groups is 1. The molecule has 4 aliphatic rings. The second kappa shape index (κ2) is 13.4. The lowest BCUT2D eigenvalue weighted by Gasteiger charge is -2.30. The van der Waals surface area contributed by atoms with Crippen LogP contribution in [0.3, 0.4) is 0 Å². The minimum Gasteiger partial charge on any atom is -0.496 e. The number of ether oxygens (including phenoxy) is 2. The molecule has 4 heterocycles. The SMILES string of the molecule is COc1ccc2c(O[C@@H]3C[C@H]4C(=O)NC5(C(=O)NS(=O)(=O)C6CC6)C[C@H]5/C=C\CCCCN(C)C(=O)N4C3)nc(-c3cccc(C)n3)nc2c1C. The van der Waals surface area contributed by atoms with Crippen molar-refractivity contribution < 1.29 is 32.3 Å². The van der Waals surface area contributed by atoms with Crippen LogP contribution >= 0.6 is 0 Å². The Hall–Kier alpha value is -4.79. The molecule has 51 heavy (non-hydrogen) atoms. The first-order valence-electron chi connectivity index (χ1n) is 17.4. The Labute approximate surface area is 297 Å². The number of pyridine rings is 1. The summed E-state index contributed by atoms with van der Waals surface area (Å²) in [5.41, 5.74) is 1.32. The predicted octanol–water partition coefficient (Wildman–Crippen LogP) is 3.41. The van der Waals surface area contributed by atoms with Crippen LogP contribution in [-0.4, -0.2) is 101 Å². The standard InChI is InChI=1S/C36H43N7O7S/c1-21-10-9-12-27(37-21)31-38-30-22(2)29(49-4)16-15-26(30)33(39-31)50-24-18-28-32(44)40-36(34(45)41-51(47,48)25-13-14-25)19-23(36)11-7-5-6-8-17-42(3)35(46)43(28)20-24/h7,9-12,15-16,23-25,28H,5-6,8,13-14,17-20H2,1-4H3,(H,40,44)(H,41,45)/b11-7-/t23-,24-,28+,36?/m1/s1. The molecule has 0 radical (unpaired) electrons. The molecule has 2 saturated carbocycles. The molecule has 4 amide bonds. The summed E-state index contributed by atoms with van der Waals surface area (Å²) in [4.78, 5) is 59.0. The number of nitrogens with zero attached hydrogens (tertiary/aromatic N) is 5. The van der Waals surface area contributed by atoms with Crippen LogP contribution in [0, 0.1) is 19.8 Å². The number of carbonyl (C=O) groups excluding carboxylic acids is 3. The van der Waals surface area contributed by atoms with E-state index < -0.39 is 44.8 Å². The van der Waals surface area contributed by atoms with E-state index in [0.717, 1.165) is 30.5 Å². The van der Waals surface area contributed by atoms with Gasteiger partial charge in [-0.2, -0.15) is 4.98 Å². The van der Waals surface area contributed by atoms with E-state index in [1.165, 1.54) is 4.90 Å². The molecule has 1 saturated heterocycles. The molecule has 7 rings (SSSR count). The van der Waals surface area contributed by atoms with Crippen LogP contribution in [0.5, 0.6) is 11.6 Å². The summed E-state index contributed by atoms with van der Waals surface area (Å²) >= 11 is 0. The van der Waals surface area contributed by atoms with E-state index in [4.69, 9.17) is 19.4 Å². The molecule has 1 aromatic carbocycles. The topological polar surface area (TPSA) is 173 Å². The van der Waals surface area contributed by atoms with E-state index in [-0.39, 0.29) is 37.2 Å². The molecule has 270 valence electrons. The average Bonchev–Trinajstić information content (AvgIpc) is 4.03. The highest BCUT2D eigenvalue weighted by molar-refractivity contribution is 7.91. The van der Waals surface area contributed by atoms with Gasteiger partial charge in [-0.05, 0) is 76.6 Å². The third-order valence-corrected chi connectivity index (χ3v) is 12.1. The van der Waals surface area contributed by atoms with E-state index in [0.29, 0.717) is 47.6 Å². The maximum Gasteiger partial charge on any atom is 0.320 e. The third-order valence-electron chi connectivity index (χ3n) is 10.2. The van der Waals surface area contributed by atoms with Gasteiger partial charge in [-0.1, -0.05) is 18.2 Å². The number of carbonyl (C=O) groups is 3. The van der Waals surface area contributed by atoms with E-state index in [2.05, 4.69) is 15.0 Å². The summed E-state index contributed by atoms with van der Waals surface area (Å²) in [6.07, 6.45) is 6.86. The summed E-state index contributed by atoms with van der Waals surface area (Å²) in [7, 11) is -0.550. The van der Waals surface area contributed by atoms with Crippen molar-refractivity contribution in [2.24, 2.45) is 5.92 Å². The first-order chi connectivity index (χ1) is 24.4. The number of amides is 4. The van der Waals surface area contributed by atoms with Crippen LogP contribution in [0.25, 0.3) is 22.4 Å². The van der Waals surface area contributed by atoms with Crippen molar-refractivity contribution in [2.75, 3.05) is 27.2 Å². The van der Waals surface area contributed by atoms with Gasteiger partial charge >= 0.3 is 6.03 Å². The molecule has 3 fully saturated rings. The van der Waals surface area contributed by atoms with Crippen LogP contribution in [0.2, 0.25) is 0 Å². The molecule has 4 atom stereocenters. The molecule has 2 aliphatic heterocycles. The van der Waals surface area contributed by atoms with E-state index in [1.807, 2.05) is 56.3 Å². The quantitative estimate of drug-likeness (QED) is 0.345. The Morgan fingerprint density at radius 1 is 1.08 bits per heavy atom. The zero-order valence-electron chi connectivity index (χ0n) is 29.2. The highest BCUT2D eigenvalue weighted by Gasteiger charge is 2.62. The number of aryl methyl sites for hydroxylation is 2. The van der Waals surface area contributed by atoms with Crippen LogP contribution in [0.1, 0.15) is 56.2 Å². The number of hydrogen-bond donors (Lipinski definition) is 2. The van der Waals surface area contributed by atoms with E-state index in [9.17, 15) is 22.8 Å². The fourth-order valence-corrected chi connectivity index (χ4v) is 8.40. The van der Waals surface area contributed by atoms with E-state index >= 15 is 0 Å². The Morgan fingerprint density at radius 2 is 1.88 bits per heavy atom. The minimum atomic E-state index is -3.84. The summed E-state index contributed by atoms with van der Waals surface area (Å²) < 4.78 is 39.9. The lowest BCUT2D eigenvalue weighted by molar-refractivity contribution is -0.131. The highest BCUT2D eigenvalue weighted by atomic mass is 32.2. The molecule has 2 aromatic heterocycles. The molecule has 0 spiro atoms.